The number of halogens is 1. The number of ether oxygens (including phenoxy) is 3. The number of aromatic nitrogens is 1. The van der Waals surface area contributed by atoms with Crippen LogP contribution in [0.3, 0.4) is 0 Å². The quantitative estimate of drug-likeness (QED) is 0.269. The van der Waals surface area contributed by atoms with Gasteiger partial charge in [-0.05, 0) is 105 Å². The van der Waals surface area contributed by atoms with Crippen LogP contribution in [0.25, 0.3) is 0 Å². The number of hydrogen-bond donors (Lipinski definition) is 1. The smallest absolute Gasteiger partial charge is 0.410 e. The van der Waals surface area contributed by atoms with Gasteiger partial charge in [-0.25, -0.2) is 4.79 Å². The predicted molar refractivity (Wildman–Crippen MR) is 167 cm³/mol. The van der Waals surface area contributed by atoms with Crippen molar-refractivity contribution in [2.75, 3.05) is 46.4 Å². The Hall–Kier alpha value is -2.44. The van der Waals surface area contributed by atoms with E-state index < -0.39 is 11.7 Å². The van der Waals surface area contributed by atoms with Crippen LogP contribution in [-0.4, -0.2) is 84.9 Å². The third kappa shape index (κ3) is 8.78. The van der Waals surface area contributed by atoms with Gasteiger partial charge in [-0.3, -0.25) is 14.7 Å². The van der Waals surface area contributed by atoms with Crippen molar-refractivity contribution in [3.63, 3.8) is 0 Å². The average Bonchev–Trinajstić information content (AvgIpc) is 3.75. The lowest BCUT2D eigenvalue weighted by molar-refractivity contribution is -0.00316. The molecule has 1 aromatic carbocycles. The molecule has 0 radical (unpaired) electrons. The molecule has 2 aromatic rings. The lowest BCUT2D eigenvalue weighted by Gasteiger charge is -2.41. The van der Waals surface area contributed by atoms with Crippen molar-refractivity contribution in [2.45, 2.75) is 71.1 Å². The number of aryl methyl sites for hydroxylation is 1. The van der Waals surface area contributed by atoms with E-state index in [1.165, 1.54) is 18.4 Å². The van der Waals surface area contributed by atoms with Crippen molar-refractivity contribution in [1.29, 1.82) is 0 Å². The number of hydrogen-bond acceptors (Lipinski definition) is 7. The number of amides is 2. The normalized spacial score (nSPS) is 18.6. The summed E-state index contributed by atoms with van der Waals surface area (Å²) in [5.74, 6) is 0.931. The van der Waals surface area contributed by atoms with Gasteiger partial charge >= 0.3 is 6.09 Å². The third-order valence-corrected chi connectivity index (χ3v) is 8.48. The Morgan fingerprint density at radius 1 is 1.20 bits per heavy atom. The maximum atomic E-state index is 13.2. The van der Waals surface area contributed by atoms with Gasteiger partial charge in [0.1, 0.15) is 11.4 Å². The fourth-order valence-electron chi connectivity index (χ4n) is 4.93. The molecule has 2 heterocycles. The van der Waals surface area contributed by atoms with E-state index in [2.05, 4.69) is 44.9 Å². The Morgan fingerprint density at radius 2 is 1.95 bits per heavy atom. The molecule has 1 saturated heterocycles. The molecule has 1 saturated carbocycles. The number of rotatable bonds is 10. The molecule has 0 unspecified atom stereocenters. The van der Waals surface area contributed by atoms with Crippen LogP contribution < -0.4 is 10.1 Å². The maximum Gasteiger partial charge on any atom is 0.410 e. The summed E-state index contributed by atoms with van der Waals surface area (Å²) in [6.45, 7) is 13.0. The van der Waals surface area contributed by atoms with E-state index in [0.29, 0.717) is 56.6 Å². The molecule has 41 heavy (non-hydrogen) atoms. The van der Waals surface area contributed by atoms with Gasteiger partial charge in [0, 0.05) is 55.6 Å². The second-order valence-corrected chi connectivity index (χ2v) is 13.2. The van der Waals surface area contributed by atoms with Crippen molar-refractivity contribution >= 4 is 34.6 Å². The van der Waals surface area contributed by atoms with E-state index in [9.17, 15) is 9.59 Å². The first-order valence-corrected chi connectivity index (χ1v) is 15.4. The van der Waals surface area contributed by atoms with Crippen LogP contribution in [0.4, 0.5) is 4.79 Å². The molecule has 4 rings (SSSR count). The monoisotopic (exact) mass is 678 g/mol. The Balaban J connectivity index is 1.56. The summed E-state index contributed by atoms with van der Waals surface area (Å²) in [5, 5.41) is 2.92. The van der Waals surface area contributed by atoms with Crippen molar-refractivity contribution < 1.29 is 23.8 Å². The van der Waals surface area contributed by atoms with E-state index >= 15 is 0 Å². The van der Waals surface area contributed by atoms with Crippen LogP contribution in [0.5, 0.6) is 5.75 Å². The molecule has 1 aliphatic heterocycles. The van der Waals surface area contributed by atoms with Crippen LogP contribution in [0.2, 0.25) is 0 Å². The fourth-order valence-corrected chi connectivity index (χ4v) is 5.39. The first-order valence-electron chi connectivity index (χ1n) is 14.4. The zero-order chi connectivity index (χ0) is 29.7. The highest BCUT2D eigenvalue weighted by molar-refractivity contribution is 14.1. The zero-order valence-corrected chi connectivity index (χ0v) is 27.2. The summed E-state index contributed by atoms with van der Waals surface area (Å²) >= 11 is 2.24. The van der Waals surface area contributed by atoms with Gasteiger partial charge in [-0.1, -0.05) is 6.07 Å². The molecule has 1 N–H and O–H groups in total. The number of nitrogens with one attached hydrogen (secondary N) is 1. The highest BCUT2D eigenvalue weighted by Gasteiger charge is 2.33. The molecule has 224 valence electrons. The topological polar surface area (TPSA) is 93.2 Å². The minimum absolute atomic E-state index is 0.0212. The van der Waals surface area contributed by atoms with Gasteiger partial charge in [0.2, 0.25) is 0 Å². The van der Waals surface area contributed by atoms with E-state index in [-0.39, 0.29) is 18.0 Å². The van der Waals surface area contributed by atoms with Gasteiger partial charge < -0.3 is 24.4 Å². The second-order valence-electron chi connectivity index (χ2n) is 12.0. The van der Waals surface area contributed by atoms with Crippen LogP contribution in [-0.2, 0) is 9.47 Å². The minimum atomic E-state index is -0.537. The molecule has 0 spiro atoms. The van der Waals surface area contributed by atoms with Crippen LogP contribution in [0, 0.1) is 10.5 Å². The SMILES string of the molecule is COCCNC(=O)c1cc(I)c(C)cc1O[C@H](CN1CCN(C(=O)OC(C)(C)C)[C@H](C)C1)c1ccc(C2CC2)cn1. The van der Waals surface area contributed by atoms with Crippen LogP contribution >= 0.6 is 22.6 Å². The van der Waals surface area contributed by atoms with Gasteiger partial charge in [0.05, 0.1) is 17.9 Å². The van der Waals surface area contributed by atoms with Crippen LogP contribution in [0.15, 0.2) is 30.5 Å². The lowest BCUT2D eigenvalue weighted by atomic mass is 10.1. The highest BCUT2D eigenvalue weighted by Crippen LogP contribution is 2.40. The van der Waals surface area contributed by atoms with Crippen molar-refractivity contribution in [3.05, 3.63) is 56.4 Å². The predicted octanol–water partition coefficient (Wildman–Crippen LogP) is 5.31. The first kappa shape index (κ1) is 31.5. The summed E-state index contributed by atoms with van der Waals surface area (Å²) < 4.78 is 18.4. The van der Waals surface area contributed by atoms with Gasteiger partial charge in [-0.2, -0.15) is 0 Å². The minimum Gasteiger partial charge on any atom is -0.482 e. The van der Waals surface area contributed by atoms with E-state index in [4.69, 9.17) is 19.2 Å². The largest absolute Gasteiger partial charge is 0.482 e. The molecule has 2 aliphatic rings. The third-order valence-electron chi connectivity index (χ3n) is 7.32. The molecular weight excluding hydrogens is 635 g/mol. The second kappa shape index (κ2) is 13.7. The Kier molecular flexibility index (Phi) is 10.5. The number of nitrogens with zero attached hydrogens (tertiary/aromatic N) is 3. The summed E-state index contributed by atoms with van der Waals surface area (Å²) in [7, 11) is 1.61. The molecule has 1 aromatic heterocycles. The summed E-state index contributed by atoms with van der Waals surface area (Å²) in [5.41, 5.74) is 3.06. The lowest BCUT2D eigenvalue weighted by Crippen LogP contribution is -2.55. The van der Waals surface area contributed by atoms with Crippen LogP contribution in [0.1, 0.15) is 79.7 Å². The van der Waals surface area contributed by atoms with Crippen molar-refractivity contribution in [3.8, 4) is 5.75 Å². The van der Waals surface area contributed by atoms with E-state index in [1.54, 1.807) is 12.0 Å². The van der Waals surface area contributed by atoms with Crippen molar-refractivity contribution in [1.82, 2.24) is 20.1 Å². The molecule has 0 bridgehead atoms. The van der Waals surface area contributed by atoms with Gasteiger partial charge in [-0.15, -0.1) is 0 Å². The maximum absolute atomic E-state index is 13.2. The first-order chi connectivity index (χ1) is 19.4. The van der Waals surface area contributed by atoms with E-state index in [1.807, 2.05) is 52.9 Å². The standard InChI is InChI=1S/C31H43IN4O5/c1-20-15-27(24(16-25(20)32)29(37)33-11-14-39-6)40-28(26-10-9-23(17-34-26)22-7-8-22)19-35-12-13-36(21(2)18-35)30(38)41-31(3,4)5/h9-10,15-17,21-22,28H,7-8,11-14,18-19H2,1-6H3,(H,33,37)/t21-,28-/m1/s1. The summed E-state index contributed by atoms with van der Waals surface area (Å²) in [6, 6.07) is 7.98. The Bertz CT molecular complexity index is 1210. The van der Waals surface area contributed by atoms with Crippen molar-refractivity contribution in [2.24, 2.45) is 0 Å². The fraction of sp³-hybridized carbons (Fsp3) is 0.581. The zero-order valence-electron chi connectivity index (χ0n) is 25.0. The molecule has 2 atom stereocenters. The number of benzene rings is 1. The summed E-state index contributed by atoms with van der Waals surface area (Å²) in [6.07, 6.45) is 3.69. The summed E-state index contributed by atoms with van der Waals surface area (Å²) in [4.78, 5) is 34.8. The molecule has 2 fully saturated rings. The molecule has 9 nitrogen and oxygen atoms in total. The number of piperazine rings is 1. The number of methoxy groups -OCH3 is 1. The molecule has 10 heteroatoms. The van der Waals surface area contributed by atoms with Gasteiger partial charge in [0.25, 0.3) is 5.91 Å². The van der Waals surface area contributed by atoms with Gasteiger partial charge in [0.15, 0.2) is 6.10 Å². The molecule has 1 aliphatic carbocycles. The number of carbonyl (C=O) groups is 2. The number of carbonyl (C=O) groups excluding carboxylic acids is 2. The Morgan fingerprint density at radius 3 is 2.56 bits per heavy atom. The Labute approximate surface area is 257 Å². The van der Waals surface area contributed by atoms with E-state index in [0.717, 1.165) is 14.8 Å². The average molecular weight is 679 g/mol. The molecule has 2 amide bonds. The number of pyridine rings is 1. The highest BCUT2D eigenvalue weighted by atomic mass is 127. The molecular formula is C31H43IN4O5.